The van der Waals surface area contributed by atoms with Crippen LogP contribution in [-0.4, -0.2) is 24.8 Å². The number of halogens is 2. The minimum absolute atomic E-state index is 0.0851. The lowest BCUT2D eigenvalue weighted by molar-refractivity contribution is -0.0749. The molecule has 1 unspecified atom stereocenters. The molecule has 2 rings (SSSR count). The summed E-state index contributed by atoms with van der Waals surface area (Å²) in [5.74, 6) is 0. The molecule has 1 aromatic carbocycles. The molecule has 0 N–H and O–H groups in total. The Bertz CT molecular complexity index is 434. The molecule has 0 saturated carbocycles. The van der Waals surface area contributed by atoms with Crippen LogP contribution in [0.25, 0.3) is 0 Å². The van der Waals surface area contributed by atoms with Gasteiger partial charge in [0.25, 0.3) is 0 Å². The van der Waals surface area contributed by atoms with Crippen molar-refractivity contribution in [2.24, 2.45) is 0 Å². The van der Waals surface area contributed by atoms with Crippen molar-refractivity contribution < 1.29 is 4.74 Å². The molecule has 1 aliphatic heterocycles. The second-order valence-electron chi connectivity index (χ2n) is 5.48. The fourth-order valence-electron chi connectivity index (χ4n) is 2.49. The Morgan fingerprint density at radius 2 is 2.17 bits per heavy atom. The van der Waals surface area contributed by atoms with Crippen LogP contribution in [0.3, 0.4) is 0 Å². The van der Waals surface area contributed by atoms with Crippen LogP contribution in [0.15, 0.2) is 22.7 Å². The smallest absolute Gasteiger partial charge is 0.0805 e. The molecule has 0 spiro atoms. The van der Waals surface area contributed by atoms with Crippen molar-refractivity contribution in [1.82, 2.24) is 0 Å². The molecule has 0 radical (unpaired) electrons. The molecular weight excluding hydrogens is 358 g/mol. The van der Waals surface area contributed by atoms with Gasteiger partial charge in [-0.15, -0.1) is 0 Å². The van der Waals surface area contributed by atoms with Gasteiger partial charge in [-0.1, -0.05) is 37.9 Å². The zero-order valence-corrected chi connectivity index (χ0v) is 14.2. The van der Waals surface area contributed by atoms with Crippen LogP contribution in [0.5, 0.6) is 0 Å². The third kappa shape index (κ3) is 3.28. The first-order valence-electron chi connectivity index (χ1n) is 6.18. The third-order valence-corrected chi connectivity index (χ3v) is 4.46. The van der Waals surface area contributed by atoms with Crippen LogP contribution >= 0.6 is 31.9 Å². The molecule has 1 aliphatic rings. The fraction of sp³-hybridized carbons (Fsp3) is 0.571. The lowest BCUT2D eigenvalue weighted by Crippen LogP contribution is -2.52. The number of hydrogen-bond acceptors (Lipinski definition) is 2. The van der Waals surface area contributed by atoms with E-state index in [2.05, 4.69) is 75.7 Å². The quantitative estimate of drug-likeness (QED) is 0.711. The van der Waals surface area contributed by atoms with Crippen LogP contribution in [-0.2, 0) is 10.1 Å². The highest BCUT2D eigenvalue weighted by Crippen LogP contribution is 2.30. The fourth-order valence-corrected chi connectivity index (χ4v) is 3.86. The molecular formula is C14H19Br2NO. The Kier molecular flexibility index (Phi) is 4.40. The maximum Gasteiger partial charge on any atom is 0.0805 e. The van der Waals surface area contributed by atoms with Crippen LogP contribution in [0.2, 0.25) is 0 Å². The van der Waals surface area contributed by atoms with Crippen molar-refractivity contribution in [2.75, 3.05) is 18.0 Å². The van der Waals surface area contributed by atoms with E-state index in [1.165, 1.54) is 11.3 Å². The minimum atomic E-state index is -0.0851. The number of anilines is 1. The predicted molar refractivity (Wildman–Crippen MR) is 83.6 cm³/mol. The Morgan fingerprint density at radius 1 is 1.44 bits per heavy atom. The Morgan fingerprint density at radius 3 is 2.72 bits per heavy atom. The molecule has 4 heteroatoms. The summed E-state index contributed by atoms with van der Waals surface area (Å²) < 4.78 is 7.10. The lowest BCUT2D eigenvalue weighted by atomic mass is 10.0. The van der Waals surface area contributed by atoms with E-state index in [0.717, 1.165) is 22.9 Å². The normalized spacial score (nSPS) is 23.2. The molecule has 2 nitrogen and oxygen atoms in total. The zero-order valence-electron chi connectivity index (χ0n) is 11.0. The molecule has 1 fully saturated rings. The highest BCUT2D eigenvalue weighted by Gasteiger charge is 2.31. The van der Waals surface area contributed by atoms with Crippen molar-refractivity contribution in [1.29, 1.82) is 0 Å². The molecule has 18 heavy (non-hydrogen) atoms. The maximum atomic E-state index is 5.94. The van der Waals surface area contributed by atoms with Crippen LogP contribution < -0.4 is 4.90 Å². The number of ether oxygens (including phenoxy) is 1. The van der Waals surface area contributed by atoms with Crippen molar-refractivity contribution in [3.8, 4) is 0 Å². The molecule has 100 valence electrons. The monoisotopic (exact) mass is 375 g/mol. The molecule has 0 bridgehead atoms. The van der Waals surface area contributed by atoms with Crippen molar-refractivity contribution in [3.63, 3.8) is 0 Å². The van der Waals surface area contributed by atoms with E-state index >= 15 is 0 Å². The largest absolute Gasteiger partial charge is 0.369 e. The molecule has 1 aromatic rings. The maximum absolute atomic E-state index is 5.94. The Labute approximate surface area is 126 Å². The van der Waals surface area contributed by atoms with Crippen LogP contribution in [0.1, 0.15) is 26.3 Å². The average molecular weight is 377 g/mol. The Balaban J connectivity index is 2.23. The summed E-state index contributed by atoms with van der Waals surface area (Å²) in [5, 5.41) is 0.874. The number of alkyl halides is 1. The average Bonchev–Trinajstić information content (AvgIpc) is 2.26. The number of nitrogens with zero attached hydrogens (tertiary/aromatic N) is 1. The van der Waals surface area contributed by atoms with Gasteiger partial charge in [0, 0.05) is 28.6 Å². The van der Waals surface area contributed by atoms with Gasteiger partial charge in [-0.2, -0.15) is 0 Å². The van der Waals surface area contributed by atoms with Crippen molar-refractivity contribution in [3.05, 3.63) is 28.2 Å². The molecule has 1 heterocycles. The summed E-state index contributed by atoms with van der Waals surface area (Å²) in [5.41, 5.74) is 2.45. The zero-order chi connectivity index (χ0) is 13.3. The van der Waals surface area contributed by atoms with Gasteiger partial charge in [-0.05, 0) is 38.5 Å². The van der Waals surface area contributed by atoms with Crippen molar-refractivity contribution >= 4 is 37.5 Å². The van der Waals surface area contributed by atoms with Gasteiger partial charge in [0.05, 0.1) is 11.7 Å². The number of morpholine rings is 1. The number of hydrogen-bond donors (Lipinski definition) is 0. The summed E-state index contributed by atoms with van der Waals surface area (Å²) in [6, 6.07) is 6.56. The summed E-state index contributed by atoms with van der Waals surface area (Å²) in [4.78, 5) is 2.40. The first kappa shape index (κ1) is 14.4. The first-order chi connectivity index (χ1) is 8.41. The summed E-state index contributed by atoms with van der Waals surface area (Å²) in [6.45, 7) is 8.31. The number of benzene rings is 1. The van der Waals surface area contributed by atoms with Gasteiger partial charge in [0.1, 0.15) is 0 Å². The van der Waals surface area contributed by atoms with Crippen LogP contribution in [0.4, 0.5) is 5.69 Å². The van der Waals surface area contributed by atoms with Crippen LogP contribution in [0, 0.1) is 0 Å². The van der Waals surface area contributed by atoms with E-state index in [1.807, 2.05) is 0 Å². The number of rotatable bonds is 2. The van der Waals surface area contributed by atoms with Gasteiger partial charge in [0.15, 0.2) is 0 Å². The van der Waals surface area contributed by atoms with Gasteiger partial charge >= 0.3 is 0 Å². The summed E-state index contributed by atoms with van der Waals surface area (Å²) in [7, 11) is 0. The summed E-state index contributed by atoms with van der Waals surface area (Å²) >= 11 is 7.12. The van der Waals surface area contributed by atoms with Gasteiger partial charge in [-0.3, -0.25) is 0 Å². The third-order valence-electron chi connectivity index (χ3n) is 3.12. The molecule has 1 atom stereocenters. The Hall–Kier alpha value is -0.0600. The SMILES string of the molecule is CC1CN(c2ccc(CBr)c(Br)c2)CC(C)(C)O1. The van der Waals surface area contributed by atoms with Gasteiger partial charge in [-0.25, -0.2) is 0 Å². The van der Waals surface area contributed by atoms with Crippen molar-refractivity contribution in [2.45, 2.75) is 37.8 Å². The minimum Gasteiger partial charge on any atom is -0.369 e. The highest BCUT2D eigenvalue weighted by atomic mass is 79.9. The van der Waals surface area contributed by atoms with E-state index in [9.17, 15) is 0 Å². The molecule has 0 aliphatic carbocycles. The molecule has 0 amide bonds. The predicted octanol–water partition coefficient (Wildman–Crippen LogP) is 4.35. The van der Waals surface area contributed by atoms with Gasteiger partial charge in [0.2, 0.25) is 0 Å². The second kappa shape index (κ2) is 5.51. The van der Waals surface area contributed by atoms with E-state index in [0.29, 0.717) is 0 Å². The van der Waals surface area contributed by atoms with E-state index in [4.69, 9.17) is 4.74 Å². The molecule has 0 aromatic heterocycles. The van der Waals surface area contributed by atoms with E-state index in [1.54, 1.807) is 0 Å². The standard InChI is InChI=1S/C14H19Br2NO/c1-10-8-17(9-14(2,3)18-10)12-5-4-11(7-15)13(16)6-12/h4-6,10H,7-9H2,1-3H3. The highest BCUT2D eigenvalue weighted by molar-refractivity contribution is 9.10. The van der Waals surface area contributed by atoms with E-state index in [-0.39, 0.29) is 11.7 Å². The molecule has 1 saturated heterocycles. The van der Waals surface area contributed by atoms with E-state index < -0.39 is 0 Å². The first-order valence-corrected chi connectivity index (χ1v) is 8.10. The summed E-state index contributed by atoms with van der Waals surface area (Å²) in [6.07, 6.45) is 0.267. The lowest BCUT2D eigenvalue weighted by Gasteiger charge is -2.43. The van der Waals surface area contributed by atoms with Gasteiger partial charge < -0.3 is 9.64 Å². The topological polar surface area (TPSA) is 12.5 Å². The second-order valence-corrected chi connectivity index (χ2v) is 6.89.